The molecule has 1 fully saturated rings. The van der Waals surface area contributed by atoms with Crippen LogP contribution >= 0.6 is 0 Å². The summed E-state index contributed by atoms with van der Waals surface area (Å²) in [5.74, 6) is 0.203. The van der Waals surface area contributed by atoms with E-state index in [1.165, 1.54) is 22.4 Å². The van der Waals surface area contributed by atoms with E-state index in [4.69, 9.17) is 4.98 Å². The van der Waals surface area contributed by atoms with Crippen LogP contribution in [0.15, 0.2) is 42.5 Å². The third kappa shape index (κ3) is 3.71. The number of carbonyl (C=O) groups excluding carboxylic acids is 1. The minimum Gasteiger partial charge on any atom is -0.368 e. The van der Waals surface area contributed by atoms with Crippen LogP contribution in [0.1, 0.15) is 27.9 Å². The van der Waals surface area contributed by atoms with Gasteiger partial charge in [0.15, 0.2) is 0 Å². The average Bonchev–Trinajstić information content (AvgIpc) is 2.73. The Hall–Kier alpha value is -2.88. The van der Waals surface area contributed by atoms with Gasteiger partial charge in [0.05, 0.1) is 11.9 Å². The molecule has 150 valence electrons. The Balaban J connectivity index is 1.47. The lowest BCUT2D eigenvalue weighted by Crippen LogP contribution is -2.49. The van der Waals surface area contributed by atoms with Crippen molar-refractivity contribution >= 4 is 22.5 Å². The molecular formula is C25H29N3O. The van der Waals surface area contributed by atoms with Gasteiger partial charge in [0.25, 0.3) is 0 Å². The minimum absolute atomic E-state index is 0.203. The van der Waals surface area contributed by atoms with Gasteiger partial charge in [-0.15, -0.1) is 0 Å². The Kier molecular flexibility index (Phi) is 5.27. The molecule has 29 heavy (non-hydrogen) atoms. The number of amides is 1. The Morgan fingerprint density at radius 3 is 2.38 bits per heavy atom. The second-order valence-corrected chi connectivity index (χ2v) is 8.08. The molecule has 1 aliphatic heterocycles. The van der Waals surface area contributed by atoms with Crippen molar-refractivity contribution in [2.75, 3.05) is 31.1 Å². The minimum atomic E-state index is 0.203. The molecule has 0 atom stereocenters. The molecule has 0 spiro atoms. The van der Waals surface area contributed by atoms with Gasteiger partial charge < -0.3 is 9.80 Å². The van der Waals surface area contributed by atoms with E-state index >= 15 is 0 Å². The van der Waals surface area contributed by atoms with Crippen molar-refractivity contribution in [2.24, 2.45) is 0 Å². The van der Waals surface area contributed by atoms with Gasteiger partial charge in [-0.2, -0.15) is 0 Å². The number of rotatable bonds is 3. The largest absolute Gasteiger partial charge is 0.368 e. The van der Waals surface area contributed by atoms with Crippen LogP contribution in [0, 0.1) is 27.7 Å². The molecule has 2 aromatic carbocycles. The van der Waals surface area contributed by atoms with Crippen LogP contribution in [0.3, 0.4) is 0 Å². The molecular weight excluding hydrogens is 358 g/mol. The number of fused-ring (bicyclic) bond motifs is 1. The average molecular weight is 388 g/mol. The number of para-hydroxylation sites is 1. The summed E-state index contributed by atoms with van der Waals surface area (Å²) in [5.41, 5.74) is 8.16. The first-order chi connectivity index (χ1) is 14.0. The SMILES string of the molecule is Cc1cccc(N2CCN(C(=O)Cc3c(C)nc4ccccc4c3C)CC2)c1C. The van der Waals surface area contributed by atoms with Crippen LogP contribution in [0.25, 0.3) is 10.9 Å². The first-order valence-corrected chi connectivity index (χ1v) is 10.4. The first kappa shape index (κ1) is 19.4. The monoisotopic (exact) mass is 387 g/mol. The van der Waals surface area contributed by atoms with Gasteiger partial charge in [-0.3, -0.25) is 9.78 Å². The van der Waals surface area contributed by atoms with Crippen LogP contribution in [0.2, 0.25) is 0 Å². The van der Waals surface area contributed by atoms with Crippen molar-refractivity contribution in [3.8, 4) is 0 Å². The highest BCUT2D eigenvalue weighted by molar-refractivity contribution is 5.86. The second-order valence-electron chi connectivity index (χ2n) is 8.08. The number of anilines is 1. The fourth-order valence-corrected chi connectivity index (χ4v) is 4.37. The van der Waals surface area contributed by atoms with Gasteiger partial charge in [-0.25, -0.2) is 0 Å². The molecule has 1 aromatic heterocycles. The Morgan fingerprint density at radius 1 is 0.897 bits per heavy atom. The van der Waals surface area contributed by atoms with Gasteiger partial charge >= 0.3 is 0 Å². The summed E-state index contributed by atoms with van der Waals surface area (Å²) in [6, 6.07) is 14.6. The Morgan fingerprint density at radius 2 is 1.62 bits per heavy atom. The standard InChI is InChI=1S/C25H29N3O/c1-17-8-7-11-24(18(17)2)27-12-14-28(15-13-27)25(29)16-22-19(3)21-9-5-6-10-23(21)26-20(22)4/h5-11H,12-16H2,1-4H3. The lowest BCUT2D eigenvalue weighted by Gasteiger charge is -2.37. The number of hydrogen-bond acceptors (Lipinski definition) is 3. The fourth-order valence-electron chi connectivity index (χ4n) is 4.37. The van der Waals surface area contributed by atoms with Crippen LogP contribution in [0.5, 0.6) is 0 Å². The van der Waals surface area contributed by atoms with Crippen LogP contribution in [0.4, 0.5) is 5.69 Å². The van der Waals surface area contributed by atoms with Crippen molar-refractivity contribution in [1.29, 1.82) is 0 Å². The molecule has 4 nitrogen and oxygen atoms in total. The molecule has 3 aromatic rings. The summed E-state index contributed by atoms with van der Waals surface area (Å²) < 4.78 is 0. The zero-order valence-electron chi connectivity index (χ0n) is 17.8. The maximum Gasteiger partial charge on any atom is 0.227 e. The van der Waals surface area contributed by atoms with E-state index in [1.807, 2.05) is 30.0 Å². The van der Waals surface area contributed by atoms with Crippen molar-refractivity contribution in [2.45, 2.75) is 34.1 Å². The highest BCUT2D eigenvalue weighted by Gasteiger charge is 2.23. The summed E-state index contributed by atoms with van der Waals surface area (Å²) in [7, 11) is 0. The predicted molar refractivity (Wildman–Crippen MR) is 120 cm³/mol. The van der Waals surface area contributed by atoms with Crippen molar-refractivity contribution in [3.63, 3.8) is 0 Å². The van der Waals surface area contributed by atoms with Crippen LogP contribution in [-0.4, -0.2) is 42.0 Å². The van der Waals surface area contributed by atoms with E-state index in [0.717, 1.165) is 48.3 Å². The third-order valence-electron chi connectivity index (χ3n) is 6.36. The number of benzene rings is 2. The molecule has 1 saturated heterocycles. The van der Waals surface area contributed by atoms with E-state index in [9.17, 15) is 4.79 Å². The van der Waals surface area contributed by atoms with Gasteiger partial charge in [0, 0.05) is 42.9 Å². The zero-order chi connectivity index (χ0) is 20.5. The summed E-state index contributed by atoms with van der Waals surface area (Å²) in [6.07, 6.45) is 0.430. The number of carbonyl (C=O) groups is 1. The first-order valence-electron chi connectivity index (χ1n) is 10.4. The molecule has 0 bridgehead atoms. The maximum absolute atomic E-state index is 13.1. The normalized spacial score (nSPS) is 14.5. The number of hydrogen-bond donors (Lipinski definition) is 0. The predicted octanol–water partition coefficient (Wildman–Crippen LogP) is 4.36. The number of pyridine rings is 1. The third-order valence-corrected chi connectivity index (χ3v) is 6.36. The summed E-state index contributed by atoms with van der Waals surface area (Å²) >= 11 is 0. The Labute approximate surface area is 173 Å². The molecule has 4 rings (SSSR count). The highest BCUT2D eigenvalue weighted by atomic mass is 16.2. The number of piperazine rings is 1. The molecule has 0 N–H and O–H groups in total. The molecule has 1 amide bonds. The van der Waals surface area contributed by atoms with E-state index in [0.29, 0.717) is 6.42 Å². The van der Waals surface area contributed by atoms with Crippen molar-refractivity contribution < 1.29 is 4.79 Å². The van der Waals surface area contributed by atoms with Gasteiger partial charge in [0.1, 0.15) is 0 Å². The molecule has 0 unspecified atom stereocenters. The van der Waals surface area contributed by atoms with E-state index in [-0.39, 0.29) is 5.91 Å². The lowest BCUT2D eigenvalue weighted by molar-refractivity contribution is -0.130. The number of aryl methyl sites for hydroxylation is 3. The fraction of sp³-hybridized carbons (Fsp3) is 0.360. The van der Waals surface area contributed by atoms with Crippen molar-refractivity contribution in [1.82, 2.24) is 9.88 Å². The Bertz CT molecular complexity index is 1070. The van der Waals surface area contributed by atoms with E-state index < -0.39 is 0 Å². The summed E-state index contributed by atoms with van der Waals surface area (Å²) in [6.45, 7) is 11.8. The van der Waals surface area contributed by atoms with E-state index in [1.54, 1.807) is 0 Å². The smallest absolute Gasteiger partial charge is 0.227 e. The van der Waals surface area contributed by atoms with E-state index in [2.05, 4.69) is 49.9 Å². The molecule has 1 aliphatic rings. The van der Waals surface area contributed by atoms with Gasteiger partial charge in [-0.05, 0) is 62.1 Å². The quantitative estimate of drug-likeness (QED) is 0.670. The van der Waals surface area contributed by atoms with Crippen LogP contribution < -0.4 is 4.90 Å². The summed E-state index contributed by atoms with van der Waals surface area (Å²) in [4.78, 5) is 22.2. The molecule has 0 radical (unpaired) electrons. The zero-order valence-corrected chi connectivity index (χ0v) is 17.8. The molecule has 0 aliphatic carbocycles. The molecule has 4 heteroatoms. The topological polar surface area (TPSA) is 36.4 Å². The lowest BCUT2D eigenvalue weighted by atomic mass is 9.99. The van der Waals surface area contributed by atoms with Gasteiger partial charge in [-0.1, -0.05) is 30.3 Å². The highest BCUT2D eigenvalue weighted by Crippen LogP contribution is 2.25. The van der Waals surface area contributed by atoms with Crippen LogP contribution in [-0.2, 0) is 11.2 Å². The van der Waals surface area contributed by atoms with Crippen molar-refractivity contribution in [3.05, 3.63) is 70.4 Å². The molecule has 2 heterocycles. The number of aromatic nitrogens is 1. The molecule has 0 saturated carbocycles. The number of nitrogens with zero attached hydrogens (tertiary/aromatic N) is 3. The summed E-state index contributed by atoms with van der Waals surface area (Å²) in [5, 5.41) is 1.14. The maximum atomic E-state index is 13.1. The second kappa shape index (κ2) is 7.86. The van der Waals surface area contributed by atoms with Gasteiger partial charge in [0.2, 0.25) is 5.91 Å².